The van der Waals surface area contributed by atoms with Crippen molar-refractivity contribution in [1.29, 1.82) is 5.26 Å². The number of halogens is 3. The molecule has 2 N–H and O–H groups in total. The molecule has 0 unspecified atom stereocenters. The molecule has 0 saturated carbocycles. The van der Waals surface area contributed by atoms with Crippen LogP contribution in [0.4, 0.5) is 24.0 Å². The van der Waals surface area contributed by atoms with Gasteiger partial charge in [0.1, 0.15) is 22.6 Å². The van der Waals surface area contributed by atoms with Crippen LogP contribution in [-0.2, 0) is 12.8 Å². The molecule has 172 valence electrons. The predicted octanol–water partition coefficient (Wildman–Crippen LogP) is 5.45. The molecule has 1 aliphatic heterocycles. The molecule has 11 heteroatoms. The number of anilines is 2. The number of alkyl halides is 3. The minimum atomic E-state index is -4.56. The van der Waals surface area contributed by atoms with E-state index in [9.17, 15) is 23.2 Å². The minimum absolute atomic E-state index is 0.0786. The molecule has 3 atom stereocenters. The van der Waals surface area contributed by atoms with Gasteiger partial charge in [-0.1, -0.05) is 6.92 Å². The van der Waals surface area contributed by atoms with Crippen LogP contribution in [0.3, 0.4) is 0 Å². The van der Waals surface area contributed by atoms with Crippen molar-refractivity contribution >= 4 is 28.1 Å². The average Bonchev–Trinajstić information content (AvgIpc) is 3.49. The maximum Gasteiger partial charge on any atom is 0.410 e. The van der Waals surface area contributed by atoms with Crippen LogP contribution in [0.2, 0.25) is 0 Å². The first-order valence-electron chi connectivity index (χ1n) is 10.6. The van der Waals surface area contributed by atoms with Crippen LogP contribution in [0, 0.1) is 17.2 Å². The van der Waals surface area contributed by atoms with E-state index in [1.165, 1.54) is 23.7 Å². The third-order valence-corrected chi connectivity index (χ3v) is 7.33. The molecular weight excluding hydrogens is 455 g/mol. The Morgan fingerprint density at radius 2 is 2.27 bits per heavy atom. The van der Waals surface area contributed by atoms with Crippen molar-refractivity contribution in [3.05, 3.63) is 51.9 Å². The number of nitriles is 1. The van der Waals surface area contributed by atoms with Gasteiger partial charge in [-0.3, -0.25) is 4.79 Å². The number of furan rings is 1. The van der Waals surface area contributed by atoms with Crippen molar-refractivity contribution in [3.63, 3.8) is 0 Å². The van der Waals surface area contributed by atoms with Crippen LogP contribution < -0.4 is 10.6 Å². The highest BCUT2D eigenvalue weighted by Gasteiger charge is 2.47. The lowest BCUT2D eigenvalue weighted by molar-refractivity contribution is -0.174. The Hall–Kier alpha value is -3.26. The summed E-state index contributed by atoms with van der Waals surface area (Å²) in [6.45, 7) is 2.14. The average molecular weight is 475 g/mol. The second-order valence-corrected chi connectivity index (χ2v) is 9.59. The maximum atomic E-state index is 13.8. The fraction of sp³-hybridized carbons (Fsp3) is 0.409. The number of hydrogen-bond acceptors (Lipinski definition) is 6. The Morgan fingerprint density at radius 1 is 1.45 bits per heavy atom. The third-order valence-electron chi connectivity index (χ3n) is 6.16. The molecule has 0 spiro atoms. The van der Waals surface area contributed by atoms with Crippen LogP contribution in [-0.4, -0.2) is 21.9 Å². The lowest BCUT2D eigenvalue weighted by Gasteiger charge is -2.32. The number of thiophene rings is 1. The Balaban J connectivity index is 1.44. The van der Waals surface area contributed by atoms with E-state index in [1.807, 2.05) is 0 Å². The number of amides is 1. The standard InChI is InChI=1S/C22H20F3N5O2S/c1-11-4-5-12-13(10-26)21(33-17(12)7-11)28-20(31)15-9-19-27-14(16-3-2-6-32-16)8-18(22(23,24)25)30(19)29-15/h2-3,6,9,11,14,18,27H,4-5,7-8H2,1H3,(H,28,31)/t11-,14+,18-/m0/s1. The highest BCUT2D eigenvalue weighted by molar-refractivity contribution is 7.16. The molecule has 0 fully saturated rings. The lowest BCUT2D eigenvalue weighted by atomic mass is 9.89. The second kappa shape index (κ2) is 7.95. The van der Waals surface area contributed by atoms with Crippen LogP contribution in [0.15, 0.2) is 28.9 Å². The monoisotopic (exact) mass is 475 g/mol. The summed E-state index contributed by atoms with van der Waals surface area (Å²) in [5.74, 6) is 0.297. The number of rotatable bonds is 3. The van der Waals surface area contributed by atoms with Gasteiger partial charge in [-0.2, -0.15) is 23.5 Å². The van der Waals surface area contributed by atoms with E-state index >= 15 is 0 Å². The molecule has 0 aromatic carbocycles. The number of carbonyl (C=O) groups excluding carboxylic acids is 1. The van der Waals surface area contributed by atoms with E-state index in [-0.39, 0.29) is 17.9 Å². The first kappa shape index (κ1) is 21.6. The molecule has 1 amide bonds. The number of hydrogen-bond donors (Lipinski definition) is 2. The quantitative estimate of drug-likeness (QED) is 0.525. The molecule has 5 rings (SSSR count). The summed E-state index contributed by atoms with van der Waals surface area (Å²) >= 11 is 1.35. The number of carbonyl (C=O) groups is 1. The summed E-state index contributed by atoms with van der Waals surface area (Å²) in [6, 6.07) is 4.07. The van der Waals surface area contributed by atoms with E-state index in [2.05, 4.69) is 28.7 Å². The highest BCUT2D eigenvalue weighted by atomic mass is 32.1. The molecule has 3 aromatic rings. The predicted molar refractivity (Wildman–Crippen MR) is 115 cm³/mol. The second-order valence-electron chi connectivity index (χ2n) is 8.49. The van der Waals surface area contributed by atoms with Crippen molar-refractivity contribution in [3.8, 4) is 6.07 Å². The van der Waals surface area contributed by atoms with Gasteiger partial charge in [0.2, 0.25) is 0 Å². The molecule has 2 aliphatic rings. The molecule has 0 bridgehead atoms. The highest BCUT2D eigenvalue weighted by Crippen LogP contribution is 2.44. The summed E-state index contributed by atoms with van der Waals surface area (Å²) in [4.78, 5) is 14.0. The fourth-order valence-electron chi connectivity index (χ4n) is 4.48. The molecule has 3 aromatic heterocycles. The Morgan fingerprint density at radius 3 is 2.97 bits per heavy atom. The minimum Gasteiger partial charge on any atom is -0.467 e. The summed E-state index contributed by atoms with van der Waals surface area (Å²) < 4.78 is 47.5. The van der Waals surface area contributed by atoms with Gasteiger partial charge in [-0.25, -0.2) is 4.68 Å². The molecule has 7 nitrogen and oxygen atoms in total. The first-order valence-corrected chi connectivity index (χ1v) is 11.4. The van der Waals surface area contributed by atoms with Crippen molar-refractivity contribution in [2.24, 2.45) is 5.92 Å². The number of nitrogens with zero attached hydrogens (tertiary/aromatic N) is 3. The first-order chi connectivity index (χ1) is 15.7. The molecule has 1 aliphatic carbocycles. The van der Waals surface area contributed by atoms with Gasteiger partial charge >= 0.3 is 6.18 Å². The van der Waals surface area contributed by atoms with Crippen molar-refractivity contribution in [2.75, 3.05) is 10.6 Å². The smallest absolute Gasteiger partial charge is 0.410 e. The van der Waals surface area contributed by atoms with Gasteiger partial charge < -0.3 is 15.1 Å². The van der Waals surface area contributed by atoms with Crippen molar-refractivity contribution in [1.82, 2.24) is 9.78 Å². The van der Waals surface area contributed by atoms with Gasteiger partial charge in [-0.15, -0.1) is 11.3 Å². The summed E-state index contributed by atoms with van der Waals surface area (Å²) in [5, 5.41) is 19.7. The maximum absolute atomic E-state index is 13.8. The zero-order valence-electron chi connectivity index (χ0n) is 17.6. The lowest BCUT2D eigenvalue weighted by Crippen LogP contribution is -2.35. The van der Waals surface area contributed by atoms with E-state index in [1.54, 1.807) is 12.1 Å². The van der Waals surface area contributed by atoms with Crippen LogP contribution in [0.5, 0.6) is 0 Å². The molecular formula is C22H20F3N5O2S. The zero-order chi connectivity index (χ0) is 23.3. The number of aromatic nitrogens is 2. The van der Waals surface area contributed by atoms with E-state index in [0.717, 1.165) is 34.4 Å². The SMILES string of the molecule is C[C@H]1CCc2c(sc(NC(=O)c3cc4n(n3)[C@H](C(F)(F)F)C[C@H](c3ccco3)N4)c2C#N)C1. The van der Waals surface area contributed by atoms with Gasteiger partial charge in [0.25, 0.3) is 5.91 Å². The molecule has 33 heavy (non-hydrogen) atoms. The zero-order valence-corrected chi connectivity index (χ0v) is 18.4. The van der Waals surface area contributed by atoms with E-state index in [0.29, 0.717) is 22.2 Å². The number of fused-ring (bicyclic) bond motifs is 2. The van der Waals surface area contributed by atoms with Crippen molar-refractivity contribution in [2.45, 2.75) is 50.9 Å². The summed E-state index contributed by atoms with van der Waals surface area (Å²) in [7, 11) is 0. The van der Waals surface area contributed by atoms with Gasteiger partial charge in [-0.05, 0) is 42.9 Å². The van der Waals surface area contributed by atoms with Crippen LogP contribution >= 0.6 is 11.3 Å². The third kappa shape index (κ3) is 3.88. The van der Waals surface area contributed by atoms with Crippen LogP contribution in [0.25, 0.3) is 0 Å². The van der Waals surface area contributed by atoms with E-state index < -0.39 is 24.2 Å². The Kier molecular flexibility index (Phi) is 5.20. The topological polar surface area (TPSA) is 95.9 Å². The normalized spacial score (nSPS) is 22.1. The van der Waals surface area contributed by atoms with E-state index in [4.69, 9.17) is 4.42 Å². The molecule has 4 heterocycles. The Bertz CT molecular complexity index is 1240. The van der Waals surface area contributed by atoms with Gasteiger partial charge in [0.05, 0.1) is 17.9 Å². The summed E-state index contributed by atoms with van der Waals surface area (Å²) in [5.41, 5.74) is 1.24. The van der Waals surface area contributed by atoms with Crippen LogP contribution in [0.1, 0.15) is 64.1 Å². The molecule has 0 radical (unpaired) electrons. The molecule has 0 saturated heterocycles. The summed E-state index contributed by atoms with van der Waals surface area (Å²) in [6.07, 6.45) is -0.885. The largest absolute Gasteiger partial charge is 0.467 e. The Labute approximate surface area is 191 Å². The van der Waals surface area contributed by atoms with Crippen molar-refractivity contribution < 1.29 is 22.4 Å². The number of nitrogens with one attached hydrogen (secondary N) is 2. The van der Waals surface area contributed by atoms with Gasteiger partial charge in [0, 0.05) is 17.4 Å². The fourth-order valence-corrected chi connectivity index (χ4v) is 5.84. The van der Waals surface area contributed by atoms with Gasteiger partial charge in [0.15, 0.2) is 11.7 Å².